The van der Waals surface area contributed by atoms with E-state index in [0.29, 0.717) is 42.6 Å². The molecule has 6 heterocycles. The van der Waals surface area contributed by atoms with E-state index in [0.717, 1.165) is 89.9 Å². The Balaban J connectivity index is 0.000000150. The van der Waals surface area contributed by atoms with E-state index in [2.05, 4.69) is 0 Å². The van der Waals surface area contributed by atoms with Gasteiger partial charge in [-0.1, -0.05) is 20.8 Å². The highest BCUT2D eigenvalue weighted by Crippen LogP contribution is 2.51. The first-order valence-electron chi connectivity index (χ1n) is 25.6. The molecule has 15 unspecified atom stereocenters. The zero-order valence-electron chi connectivity index (χ0n) is 41.5. The first kappa shape index (κ1) is 51.1. The fourth-order valence-electron chi connectivity index (χ4n) is 12.1. The molecule has 6 aliphatic carbocycles. The van der Waals surface area contributed by atoms with Gasteiger partial charge in [-0.2, -0.15) is 0 Å². The molecule has 12 bridgehead atoms. The molecule has 15 heteroatoms. The molecule has 0 spiro atoms. The number of esters is 7. The van der Waals surface area contributed by atoms with Gasteiger partial charge in [0.25, 0.3) is 0 Å². The van der Waals surface area contributed by atoms with E-state index in [9.17, 15) is 33.6 Å². The lowest BCUT2D eigenvalue weighted by Crippen LogP contribution is -2.46. The average molecular weight is 943 g/mol. The van der Waals surface area contributed by atoms with Gasteiger partial charge in [0.15, 0.2) is 6.61 Å². The monoisotopic (exact) mass is 943 g/mol. The maximum Gasteiger partial charge on any atom is 0.344 e. The van der Waals surface area contributed by atoms with Crippen LogP contribution in [0, 0.1) is 69.5 Å². The molecule has 0 aromatic rings. The topological polar surface area (TPSA) is 193 Å². The third-order valence-corrected chi connectivity index (χ3v) is 17.3. The molecule has 6 saturated heterocycles. The van der Waals surface area contributed by atoms with Gasteiger partial charge in [0.1, 0.15) is 37.1 Å². The Hall–Kier alpha value is -3.75. The summed E-state index contributed by atoms with van der Waals surface area (Å²) in [6, 6.07) is 0. The van der Waals surface area contributed by atoms with Crippen LogP contribution in [-0.2, 0) is 71.5 Å². The number of fused-ring (bicyclic) bond motifs is 3. The summed E-state index contributed by atoms with van der Waals surface area (Å²) in [5.41, 5.74) is -1.53. The normalized spacial score (nSPS) is 36.4. The van der Waals surface area contributed by atoms with Crippen molar-refractivity contribution in [2.45, 2.75) is 195 Å². The van der Waals surface area contributed by atoms with Crippen molar-refractivity contribution in [3.8, 4) is 0 Å². The maximum absolute atomic E-state index is 12.3. The molecule has 67 heavy (non-hydrogen) atoms. The van der Waals surface area contributed by atoms with Crippen LogP contribution in [0.25, 0.3) is 0 Å². The lowest BCUT2D eigenvalue weighted by molar-refractivity contribution is -0.180. The predicted octanol–water partition coefficient (Wildman–Crippen LogP) is 7.65. The summed E-state index contributed by atoms with van der Waals surface area (Å²) < 4.78 is 44.5. The Bertz CT molecular complexity index is 1850. The molecule has 6 saturated carbocycles. The van der Waals surface area contributed by atoms with Gasteiger partial charge in [0, 0.05) is 11.8 Å². The van der Waals surface area contributed by atoms with E-state index < -0.39 is 34.3 Å². The quantitative estimate of drug-likeness (QED) is 0.0936. The minimum Gasteiger partial charge on any atom is -0.463 e. The molecule has 6 aliphatic heterocycles. The maximum atomic E-state index is 12.3. The lowest BCUT2D eigenvalue weighted by Gasteiger charge is -2.42. The van der Waals surface area contributed by atoms with Crippen molar-refractivity contribution in [3.63, 3.8) is 0 Å². The highest BCUT2D eigenvalue weighted by molar-refractivity contribution is 5.80. The van der Waals surface area contributed by atoms with Gasteiger partial charge in [-0.15, -0.1) is 0 Å². The van der Waals surface area contributed by atoms with E-state index in [4.69, 9.17) is 37.9 Å². The third kappa shape index (κ3) is 11.7. The van der Waals surface area contributed by atoms with Gasteiger partial charge in [-0.05, 0) is 162 Å². The summed E-state index contributed by atoms with van der Waals surface area (Å²) in [7, 11) is 0. The van der Waals surface area contributed by atoms with Gasteiger partial charge in [-0.25, -0.2) is 4.79 Å². The second-order valence-corrected chi connectivity index (χ2v) is 23.3. The van der Waals surface area contributed by atoms with Crippen molar-refractivity contribution in [3.05, 3.63) is 0 Å². The zero-order chi connectivity index (χ0) is 48.6. The highest BCUT2D eigenvalue weighted by atomic mass is 16.6. The van der Waals surface area contributed by atoms with Crippen molar-refractivity contribution in [1.82, 2.24) is 0 Å². The van der Waals surface area contributed by atoms with Crippen LogP contribution in [0.3, 0.4) is 0 Å². The fraction of sp³-hybridized carbons (Fsp3) is 0.865. The predicted molar refractivity (Wildman–Crippen MR) is 240 cm³/mol. The van der Waals surface area contributed by atoms with Crippen molar-refractivity contribution in [2.24, 2.45) is 69.5 Å². The number of hydrogen-bond acceptors (Lipinski definition) is 15. The number of hydrogen-bond donors (Lipinski definition) is 0. The molecule has 12 fully saturated rings. The number of rotatable bonds is 14. The van der Waals surface area contributed by atoms with Crippen LogP contribution in [0.2, 0.25) is 0 Å². The number of carbonyl (C=O) groups excluding carboxylic acids is 7. The standard InChI is InChI=1S/C18H26O6.C18H28O5.C16H24O4/c1-4-18(2,3)17(21)22-9-14(19)24-15-11-5-10-6-12(8-11)16(20)23-13(15)7-10;1-4-18(2,3)17(20)22-6-5-21-15-12-7-11-8-13(10-12)16(19)23-14(15)9-11;1-4-16(2,3)15(18)20-13-10-5-9-6-11(8-10)14(17)19-12(13)7-9/h10-13,15H,4-9H2,1-3H3;11-15H,4-10H2,1-3H3;9-13H,4-8H2,1-3H3. The molecular weight excluding hydrogens is 865 g/mol. The van der Waals surface area contributed by atoms with Crippen molar-refractivity contribution in [1.29, 1.82) is 0 Å². The van der Waals surface area contributed by atoms with Crippen LogP contribution in [0.1, 0.15) is 159 Å². The van der Waals surface area contributed by atoms with Crippen LogP contribution >= 0.6 is 0 Å². The summed E-state index contributed by atoms with van der Waals surface area (Å²) in [4.78, 5) is 84.3. The summed E-state index contributed by atoms with van der Waals surface area (Å²) in [5, 5.41) is 0. The molecule has 12 aliphatic rings. The highest BCUT2D eigenvalue weighted by Gasteiger charge is 2.54. The Morgan fingerprint density at radius 3 is 1.27 bits per heavy atom. The Kier molecular flexibility index (Phi) is 15.8. The van der Waals surface area contributed by atoms with Crippen LogP contribution < -0.4 is 0 Å². The Morgan fingerprint density at radius 2 is 0.836 bits per heavy atom. The van der Waals surface area contributed by atoms with Crippen LogP contribution in [0.5, 0.6) is 0 Å². The molecule has 0 aromatic heterocycles. The SMILES string of the molecule is CCC(C)(C)C(=O)OC1C2CC3CC(C2)C(=O)OC1C3.CCC(C)(C)C(=O)OCC(=O)OC1C2CC3CC(C2)C(=O)OC1C3.CCC(C)(C)C(=O)OCCOC1C2CC3CC(C2)C(=O)OC1C3. The summed E-state index contributed by atoms with van der Waals surface area (Å²) in [6.45, 7) is 17.3. The first-order chi connectivity index (χ1) is 31.6. The molecule has 376 valence electrons. The number of carbonyl (C=O) groups is 7. The van der Waals surface area contributed by atoms with Gasteiger partial charge in [0.05, 0.1) is 46.7 Å². The first-order valence-corrected chi connectivity index (χ1v) is 25.6. The molecule has 15 nitrogen and oxygen atoms in total. The zero-order valence-corrected chi connectivity index (χ0v) is 41.5. The van der Waals surface area contributed by atoms with E-state index in [1.54, 1.807) is 13.8 Å². The molecule has 0 radical (unpaired) electrons. The van der Waals surface area contributed by atoms with Crippen molar-refractivity contribution in [2.75, 3.05) is 19.8 Å². The van der Waals surface area contributed by atoms with Crippen molar-refractivity contribution >= 4 is 41.8 Å². The minimum atomic E-state index is -0.615. The third-order valence-electron chi connectivity index (χ3n) is 17.3. The Labute approximate surface area is 396 Å². The molecule has 0 amide bonds. The van der Waals surface area contributed by atoms with Gasteiger partial charge >= 0.3 is 41.8 Å². The van der Waals surface area contributed by atoms with E-state index >= 15 is 0 Å². The largest absolute Gasteiger partial charge is 0.463 e. The molecule has 0 N–H and O–H groups in total. The van der Waals surface area contributed by atoms with Gasteiger partial charge in [0.2, 0.25) is 0 Å². The Morgan fingerprint density at radius 1 is 0.463 bits per heavy atom. The van der Waals surface area contributed by atoms with Crippen LogP contribution in [0.15, 0.2) is 0 Å². The van der Waals surface area contributed by atoms with Gasteiger partial charge in [-0.3, -0.25) is 28.8 Å². The molecule has 12 rings (SSSR count). The minimum absolute atomic E-state index is 0.0293. The smallest absolute Gasteiger partial charge is 0.344 e. The summed E-state index contributed by atoms with van der Waals surface area (Å²) >= 11 is 0. The molecule has 0 aromatic carbocycles. The molecule has 15 atom stereocenters. The second kappa shape index (κ2) is 20.7. The molecular formula is C52H78O15. The van der Waals surface area contributed by atoms with Crippen molar-refractivity contribution < 1.29 is 71.5 Å². The van der Waals surface area contributed by atoms with Crippen LogP contribution in [0.4, 0.5) is 0 Å². The average Bonchev–Trinajstić information content (AvgIpc) is 3.65. The number of ether oxygens (including phenoxy) is 8. The van der Waals surface area contributed by atoms with E-state index in [-0.39, 0.29) is 97.3 Å². The summed E-state index contributed by atoms with van der Waals surface area (Å²) in [6.07, 6.45) is 11.8. The second-order valence-electron chi connectivity index (χ2n) is 23.3. The lowest BCUT2D eigenvalue weighted by atomic mass is 9.67. The van der Waals surface area contributed by atoms with E-state index in [1.165, 1.54) is 0 Å². The van der Waals surface area contributed by atoms with E-state index in [1.807, 2.05) is 48.5 Å². The fourth-order valence-corrected chi connectivity index (χ4v) is 12.1. The van der Waals surface area contributed by atoms with Gasteiger partial charge < -0.3 is 37.9 Å². The van der Waals surface area contributed by atoms with Crippen LogP contribution in [-0.4, -0.2) is 98.2 Å². The summed E-state index contributed by atoms with van der Waals surface area (Å²) in [5.74, 6) is 1.04.